The zero-order valence-corrected chi connectivity index (χ0v) is 17.2. The summed E-state index contributed by atoms with van der Waals surface area (Å²) < 4.78 is 0. The van der Waals surface area contributed by atoms with Gasteiger partial charge in [-0.3, -0.25) is 19.4 Å². The summed E-state index contributed by atoms with van der Waals surface area (Å²) >= 11 is 0. The first-order valence-corrected chi connectivity index (χ1v) is 10.1. The number of hydrogen-bond donors (Lipinski definition) is 4. The average molecular weight is 417 g/mol. The molecule has 0 spiro atoms. The SMILES string of the molecule is CC(C)c1ccc(NC(=O)[C@H]2CC(=O)Nc3nc(Nc4ccccc4)[nH]c(=O)c32)cc1. The molecule has 0 saturated carbocycles. The first kappa shape index (κ1) is 20.3. The van der Waals surface area contributed by atoms with E-state index in [-0.39, 0.29) is 29.7 Å². The number of H-pyrrole nitrogens is 1. The monoisotopic (exact) mass is 417 g/mol. The molecule has 2 amide bonds. The Morgan fingerprint density at radius 1 is 1.03 bits per heavy atom. The van der Waals surface area contributed by atoms with Gasteiger partial charge in [-0.2, -0.15) is 4.98 Å². The summed E-state index contributed by atoms with van der Waals surface area (Å²) in [6.45, 7) is 4.18. The Labute approximate surface area is 179 Å². The fourth-order valence-corrected chi connectivity index (χ4v) is 3.49. The second kappa shape index (κ2) is 8.43. The summed E-state index contributed by atoms with van der Waals surface area (Å²) in [7, 11) is 0. The first-order valence-electron chi connectivity index (χ1n) is 10.1. The molecule has 4 N–H and O–H groups in total. The van der Waals surface area contributed by atoms with E-state index in [1.165, 1.54) is 0 Å². The normalized spacial score (nSPS) is 15.2. The molecule has 8 heteroatoms. The Morgan fingerprint density at radius 2 is 1.74 bits per heavy atom. The Hall–Kier alpha value is -3.94. The van der Waals surface area contributed by atoms with Gasteiger partial charge >= 0.3 is 0 Å². The summed E-state index contributed by atoms with van der Waals surface area (Å²) in [5.41, 5.74) is 2.16. The highest BCUT2D eigenvalue weighted by Gasteiger charge is 2.34. The topological polar surface area (TPSA) is 116 Å². The van der Waals surface area contributed by atoms with E-state index >= 15 is 0 Å². The maximum atomic E-state index is 12.9. The van der Waals surface area contributed by atoms with E-state index in [0.717, 1.165) is 11.3 Å². The highest BCUT2D eigenvalue weighted by molar-refractivity contribution is 6.04. The molecule has 158 valence electrons. The van der Waals surface area contributed by atoms with Crippen molar-refractivity contribution in [3.8, 4) is 0 Å². The van der Waals surface area contributed by atoms with Crippen molar-refractivity contribution in [1.29, 1.82) is 0 Å². The third-order valence-electron chi connectivity index (χ3n) is 5.15. The van der Waals surface area contributed by atoms with Gasteiger partial charge in [0, 0.05) is 17.8 Å². The summed E-state index contributed by atoms with van der Waals surface area (Å²) in [5.74, 6) is -1.08. The van der Waals surface area contributed by atoms with Crippen LogP contribution in [-0.2, 0) is 9.59 Å². The number of carbonyl (C=O) groups excluding carboxylic acids is 2. The Balaban J connectivity index is 1.60. The molecule has 4 rings (SSSR count). The number of anilines is 4. The first-order chi connectivity index (χ1) is 14.9. The van der Waals surface area contributed by atoms with Crippen LogP contribution in [0, 0.1) is 0 Å². The Kier molecular flexibility index (Phi) is 5.53. The lowest BCUT2D eigenvalue weighted by Crippen LogP contribution is -2.36. The summed E-state index contributed by atoms with van der Waals surface area (Å²) in [4.78, 5) is 44.9. The van der Waals surface area contributed by atoms with Crippen LogP contribution in [0.15, 0.2) is 59.4 Å². The van der Waals surface area contributed by atoms with Crippen LogP contribution in [0.2, 0.25) is 0 Å². The lowest BCUT2D eigenvalue weighted by atomic mass is 9.92. The molecule has 8 nitrogen and oxygen atoms in total. The minimum atomic E-state index is -0.935. The Morgan fingerprint density at radius 3 is 2.42 bits per heavy atom. The quantitative estimate of drug-likeness (QED) is 0.505. The number of benzene rings is 2. The number of nitrogens with one attached hydrogen (secondary N) is 4. The van der Waals surface area contributed by atoms with Crippen LogP contribution in [0.3, 0.4) is 0 Å². The third-order valence-corrected chi connectivity index (χ3v) is 5.15. The number of nitrogens with zero attached hydrogens (tertiary/aromatic N) is 1. The molecule has 0 fully saturated rings. The van der Waals surface area contributed by atoms with E-state index < -0.39 is 17.4 Å². The van der Waals surface area contributed by atoms with Gasteiger partial charge in [0.1, 0.15) is 5.82 Å². The van der Waals surface area contributed by atoms with Gasteiger partial charge in [-0.15, -0.1) is 0 Å². The van der Waals surface area contributed by atoms with Crippen molar-refractivity contribution < 1.29 is 9.59 Å². The van der Waals surface area contributed by atoms with Crippen molar-refractivity contribution in [1.82, 2.24) is 9.97 Å². The largest absolute Gasteiger partial charge is 0.326 e. The van der Waals surface area contributed by atoms with E-state index in [1.807, 2.05) is 54.6 Å². The maximum Gasteiger partial charge on any atom is 0.258 e. The zero-order chi connectivity index (χ0) is 22.0. The molecule has 3 aromatic rings. The van der Waals surface area contributed by atoms with Crippen molar-refractivity contribution in [2.45, 2.75) is 32.1 Å². The summed E-state index contributed by atoms with van der Waals surface area (Å²) in [5, 5.41) is 8.40. The van der Waals surface area contributed by atoms with E-state index in [2.05, 4.69) is 39.8 Å². The number of rotatable bonds is 5. The highest BCUT2D eigenvalue weighted by atomic mass is 16.2. The second-order valence-electron chi connectivity index (χ2n) is 7.74. The zero-order valence-electron chi connectivity index (χ0n) is 17.2. The van der Waals surface area contributed by atoms with Gasteiger partial charge < -0.3 is 16.0 Å². The van der Waals surface area contributed by atoms with Crippen molar-refractivity contribution >= 4 is 35.0 Å². The second-order valence-corrected chi connectivity index (χ2v) is 7.74. The number of hydrogen-bond acceptors (Lipinski definition) is 5. The van der Waals surface area contributed by atoms with Crippen molar-refractivity contribution in [3.63, 3.8) is 0 Å². The fourth-order valence-electron chi connectivity index (χ4n) is 3.49. The molecule has 1 aliphatic heterocycles. The van der Waals surface area contributed by atoms with Crippen LogP contribution in [0.25, 0.3) is 0 Å². The molecule has 0 bridgehead atoms. The highest BCUT2D eigenvalue weighted by Crippen LogP contribution is 2.30. The lowest BCUT2D eigenvalue weighted by molar-refractivity contribution is -0.123. The molecule has 0 radical (unpaired) electrons. The molecule has 2 heterocycles. The van der Waals surface area contributed by atoms with E-state index in [4.69, 9.17) is 0 Å². The molecule has 0 aliphatic carbocycles. The van der Waals surface area contributed by atoms with E-state index in [1.54, 1.807) is 0 Å². The van der Waals surface area contributed by atoms with Crippen LogP contribution in [0.5, 0.6) is 0 Å². The van der Waals surface area contributed by atoms with Crippen LogP contribution in [-0.4, -0.2) is 21.8 Å². The van der Waals surface area contributed by atoms with Gasteiger partial charge in [-0.1, -0.05) is 44.2 Å². The molecule has 1 aromatic heterocycles. The third kappa shape index (κ3) is 4.48. The van der Waals surface area contributed by atoms with Gasteiger partial charge in [0.15, 0.2) is 0 Å². The standard InChI is InChI=1S/C23H23N5O3/c1-13(2)14-8-10-16(11-9-14)24-21(30)17-12-18(29)26-20-19(17)22(31)28-23(27-20)25-15-6-4-3-5-7-15/h3-11,13,17H,12H2,1-2H3,(H,24,30)(H3,25,26,27,28,29,31)/t17-/m0/s1. The number of aromatic nitrogens is 2. The minimum Gasteiger partial charge on any atom is -0.326 e. The van der Waals surface area contributed by atoms with Gasteiger partial charge in [0.25, 0.3) is 5.56 Å². The maximum absolute atomic E-state index is 12.9. The summed E-state index contributed by atoms with van der Waals surface area (Å²) in [6, 6.07) is 16.7. The van der Waals surface area contributed by atoms with Gasteiger partial charge in [0.2, 0.25) is 17.8 Å². The van der Waals surface area contributed by atoms with Crippen molar-refractivity contribution in [2.24, 2.45) is 0 Å². The molecule has 0 saturated heterocycles. The molecule has 1 aliphatic rings. The van der Waals surface area contributed by atoms with Crippen molar-refractivity contribution in [3.05, 3.63) is 76.1 Å². The van der Waals surface area contributed by atoms with Crippen LogP contribution in [0.1, 0.15) is 43.2 Å². The predicted octanol–water partition coefficient (Wildman–Crippen LogP) is 3.70. The molecular formula is C23H23N5O3. The molecule has 31 heavy (non-hydrogen) atoms. The molecule has 1 atom stereocenters. The number of carbonyl (C=O) groups is 2. The molecule has 2 aromatic carbocycles. The Bertz CT molecular complexity index is 1170. The molecule has 0 unspecified atom stereocenters. The fraction of sp³-hybridized carbons (Fsp3) is 0.217. The predicted molar refractivity (Wildman–Crippen MR) is 120 cm³/mol. The smallest absolute Gasteiger partial charge is 0.258 e. The summed E-state index contributed by atoms with van der Waals surface area (Å²) in [6.07, 6.45) is -0.126. The molecular weight excluding hydrogens is 394 g/mol. The average Bonchev–Trinajstić information content (AvgIpc) is 2.74. The van der Waals surface area contributed by atoms with E-state index in [0.29, 0.717) is 11.6 Å². The van der Waals surface area contributed by atoms with Crippen molar-refractivity contribution in [2.75, 3.05) is 16.0 Å². The number of aromatic amines is 1. The number of para-hydroxylation sites is 1. The van der Waals surface area contributed by atoms with Gasteiger partial charge in [0.05, 0.1) is 11.5 Å². The van der Waals surface area contributed by atoms with Gasteiger partial charge in [-0.25, -0.2) is 0 Å². The number of amides is 2. The van der Waals surface area contributed by atoms with Gasteiger partial charge in [-0.05, 0) is 35.7 Å². The van der Waals surface area contributed by atoms with E-state index in [9.17, 15) is 14.4 Å². The lowest BCUT2D eigenvalue weighted by Gasteiger charge is -2.23. The van der Waals surface area contributed by atoms with Crippen LogP contribution >= 0.6 is 0 Å². The van der Waals surface area contributed by atoms with Crippen LogP contribution in [0.4, 0.5) is 23.1 Å². The van der Waals surface area contributed by atoms with Crippen LogP contribution < -0.4 is 21.5 Å². The number of fused-ring (bicyclic) bond motifs is 1. The minimum absolute atomic E-state index is 0.0914.